The zero-order valence-electron chi connectivity index (χ0n) is 18.2. The summed E-state index contributed by atoms with van der Waals surface area (Å²) in [6.07, 6.45) is -2.10. The monoisotopic (exact) mass is 474 g/mol. The molecule has 4 atom stereocenters. The highest BCUT2D eigenvalue weighted by atomic mass is 16.4. The summed E-state index contributed by atoms with van der Waals surface area (Å²) in [7, 11) is 0. The second-order valence-electron chi connectivity index (χ2n) is 7.70. The molecular weight excluding hydrogens is 444 g/mol. The van der Waals surface area contributed by atoms with E-state index < -0.39 is 84.9 Å². The fraction of sp³-hybridized carbons (Fsp3) is 0.611. The first-order valence-corrected chi connectivity index (χ1v) is 9.81. The summed E-state index contributed by atoms with van der Waals surface area (Å²) in [5.41, 5.74) is 15.5. The van der Waals surface area contributed by atoms with Gasteiger partial charge in [-0.2, -0.15) is 0 Å². The molecule has 5 amide bonds. The van der Waals surface area contributed by atoms with Crippen molar-refractivity contribution in [2.24, 2.45) is 23.1 Å². The number of amides is 5. The smallest absolute Gasteiger partial charge is 0.326 e. The summed E-state index contributed by atoms with van der Waals surface area (Å²) in [6.45, 7) is 3.44. The molecule has 33 heavy (non-hydrogen) atoms. The molecule has 0 aliphatic carbocycles. The lowest BCUT2D eigenvalue weighted by atomic mass is 10.0. The minimum absolute atomic E-state index is 0.0572. The highest BCUT2D eigenvalue weighted by molar-refractivity contribution is 5.97. The van der Waals surface area contributed by atoms with Gasteiger partial charge in [-0.15, -0.1) is 0 Å². The topological polar surface area (TPSA) is 274 Å². The van der Waals surface area contributed by atoms with E-state index in [1.807, 2.05) is 5.32 Å². The van der Waals surface area contributed by atoms with Crippen LogP contribution in [0.25, 0.3) is 0 Å². The summed E-state index contributed by atoms with van der Waals surface area (Å²) in [4.78, 5) is 81.7. The van der Waals surface area contributed by atoms with E-state index in [-0.39, 0.29) is 12.3 Å². The Morgan fingerprint density at radius 3 is 1.55 bits per heavy atom. The molecule has 0 heterocycles. The standard InChI is InChI=1S/C18H30N6O9/c1-7(2)3-9(22-15(29)8(19)4-14(27)28)16(30)23-10(5-12(20)25)17(31)24-11(18(32)33)6-13(21)26/h7-11H,3-6,19H2,1-2H3,(H2,20,25)(H2,21,26)(H,22,29)(H,23,30)(H,24,31)(H,27,28)(H,32,33). The van der Waals surface area contributed by atoms with Gasteiger partial charge in [-0.3, -0.25) is 28.8 Å². The summed E-state index contributed by atoms with van der Waals surface area (Å²) in [5.74, 6) is -8.07. The highest BCUT2D eigenvalue weighted by Crippen LogP contribution is 2.07. The third kappa shape index (κ3) is 12.0. The van der Waals surface area contributed by atoms with Gasteiger partial charge in [0.05, 0.1) is 25.3 Å². The second-order valence-corrected chi connectivity index (χ2v) is 7.70. The molecule has 0 aromatic rings. The second kappa shape index (κ2) is 13.6. The van der Waals surface area contributed by atoms with Crippen molar-refractivity contribution in [1.82, 2.24) is 16.0 Å². The molecule has 0 bridgehead atoms. The first kappa shape index (κ1) is 29.2. The van der Waals surface area contributed by atoms with Crippen molar-refractivity contribution < 1.29 is 43.8 Å². The average molecular weight is 474 g/mol. The Hall–Kier alpha value is -3.75. The normalized spacial score (nSPS) is 14.3. The van der Waals surface area contributed by atoms with Crippen LogP contribution >= 0.6 is 0 Å². The number of nitrogens with one attached hydrogen (secondary N) is 3. The lowest BCUT2D eigenvalue weighted by Crippen LogP contribution is -2.58. The van der Waals surface area contributed by atoms with Crippen LogP contribution in [-0.2, 0) is 33.6 Å². The zero-order chi connectivity index (χ0) is 25.9. The Kier molecular flexibility index (Phi) is 12.1. The van der Waals surface area contributed by atoms with Gasteiger partial charge in [-0.1, -0.05) is 13.8 Å². The van der Waals surface area contributed by atoms with E-state index in [1.54, 1.807) is 13.8 Å². The molecular formula is C18H30N6O9. The zero-order valence-corrected chi connectivity index (χ0v) is 18.2. The number of carbonyl (C=O) groups excluding carboxylic acids is 5. The Morgan fingerprint density at radius 2 is 1.12 bits per heavy atom. The molecule has 4 unspecified atom stereocenters. The van der Waals surface area contributed by atoms with Crippen LogP contribution in [0.2, 0.25) is 0 Å². The first-order valence-electron chi connectivity index (χ1n) is 9.81. The van der Waals surface area contributed by atoms with Crippen LogP contribution in [-0.4, -0.2) is 75.9 Å². The fourth-order valence-corrected chi connectivity index (χ4v) is 2.62. The Bertz CT molecular complexity index is 785. The number of hydrogen-bond acceptors (Lipinski definition) is 8. The molecule has 15 heteroatoms. The Labute approximate surface area is 188 Å². The van der Waals surface area contributed by atoms with Crippen LogP contribution in [0.4, 0.5) is 0 Å². The number of carbonyl (C=O) groups is 7. The van der Waals surface area contributed by atoms with Gasteiger partial charge in [-0.25, -0.2) is 4.79 Å². The third-order valence-corrected chi connectivity index (χ3v) is 4.13. The number of carboxylic acids is 2. The van der Waals surface area contributed by atoms with E-state index in [4.69, 9.17) is 27.4 Å². The number of nitrogens with two attached hydrogens (primary N) is 3. The van der Waals surface area contributed by atoms with Crippen LogP contribution in [0.3, 0.4) is 0 Å². The molecule has 0 aromatic heterocycles. The van der Waals surface area contributed by atoms with Gasteiger partial charge in [0.15, 0.2) is 0 Å². The quantitative estimate of drug-likeness (QED) is 0.114. The largest absolute Gasteiger partial charge is 0.481 e. The maximum absolute atomic E-state index is 12.7. The van der Waals surface area contributed by atoms with E-state index in [0.29, 0.717) is 0 Å². The number of primary amides is 2. The summed E-state index contributed by atoms with van der Waals surface area (Å²) in [5, 5.41) is 24.3. The number of rotatable bonds is 15. The van der Waals surface area contributed by atoms with Crippen LogP contribution in [0.1, 0.15) is 39.5 Å². The van der Waals surface area contributed by atoms with E-state index in [2.05, 4.69) is 10.6 Å². The minimum atomic E-state index is -1.72. The molecule has 0 aromatic carbocycles. The van der Waals surface area contributed by atoms with Gasteiger partial charge in [0.2, 0.25) is 29.5 Å². The summed E-state index contributed by atoms with van der Waals surface area (Å²) >= 11 is 0. The van der Waals surface area contributed by atoms with E-state index in [1.165, 1.54) is 0 Å². The van der Waals surface area contributed by atoms with Crippen molar-refractivity contribution in [3.05, 3.63) is 0 Å². The van der Waals surface area contributed by atoms with Crippen molar-refractivity contribution in [3.63, 3.8) is 0 Å². The molecule has 0 saturated carbocycles. The van der Waals surface area contributed by atoms with Crippen molar-refractivity contribution in [2.45, 2.75) is 63.7 Å². The van der Waals surface area contributed by atoms with Crippen LogP contribution in [0, 0.1) is 5.92 Å². The minimum Gasteiger partial charge on any atom is -0.481 e. The highest BCUT2D eigenvalue weighted by Gasteiger charge is 2.32. The Balaban J connectivity index is 5.56. The van der Waals surface area contributed by atoms with Gasteiger partial charge >= 0.3 is 11.9 Å². The van der Waals surface area contributed by atoms with Crippen LogP contribution in [0.5, 0.6) is 0 Å². The number of carboxylic acid groups (broad SMARTS) is 2. The summed E-state index contributed by atoms with van der Waals surface area (Å²) < 4.78 is 0. The van der Waals surface area contributed by atoms with Crippen LogP contribution < -0.4 is 33.2 Å². The average Bonchev–Trinajstić information content (AvgIpc) is 2.64. The van der Waals surface area contributed by atoms with Gasteiger partial charge in [0.25, 0.3) is 0 Å². The maximum atomic E-state index is 12.7. The summed E-state index contributed by atoms with van der Waals surface area (Å²) in [6, 6.07) is -6.06. The molecule has 0 aliphatic rings. The molecule has 0 saturated heterocycles. The fourth-order valence-electron chi connectivity index (χ4n) is 2.62. The van der Waals surface area contributed by atoms with Gasteiger partial charge in [0.1, 0.15) is 18.1 Å². The molecule has 0 aliphatic heterocycles. The van der Waals surface area contributed by atoms with Gasteiger partial charge in [0, 0.05) is 0 Å². The van der Waals surface area contributed by atoms with Crippen molar-refractivity contribution in [1.29, 1.82) is 0 Å². The molecule has 0 fully saturated rings. The number of aliphatic carboxylic acids is 2. The van der Waals surface area contributed by atoms with Gasteiger partial charge in [-0.05, 0) is 12.3 Å². The van der Waals surface area contributed by atoms with Crippen molar-refractivity contribution in [2.75, 3.05) is 0 Å². The maximum Gasteiger partial charge on any atom is 0.326 e. The lowest BCUT2D eigenvalue weighted by Gasteiger charge is -2.25. The molecule has 0 radical (unpaired) electrons. The van der Waals surface area contributed by atoms with E-state index in [0.717, 1.165) is 0 Å². The lowest BCUT2D eigenvalue weighted by molar-refractivity contribution is -0.144. The Morgan fingerprint density at radius 1 is 0.697 bits per heavy atom. The SMILES string of the molecule is CC(C)CC(NC(=O)C(N)CC(=O)O)C(=O)NC(CC(N)=O)C(=O)NC(CC(N)=O)C(=O)O. The molecule has 0 rings (SSSR count). The van der Waals surface area contributed by atoms with Crippen molar-refractivity contribution in [3.8, 4) is 0 Å². The predicted octanol–water partition coefficient (Wildman–Crippen LogP) is -3.88. The molecule has 15 nitrogen and oxygen atoms in total. The molecule has 186 valence electrons. The molecule has 0 spiro atoms. The van der Waals surface area contributed by atoms with Crippen LogP contribution in [0.15, 0.2) is 0 Å². The first-order chi connectivity index (χ1) is 15.1. The van der Waals surface area contributed by atoms with Gasteiger partial charge < -0.3 is 43.4 Å². The van der Waals surface area contributed by atoms with E-state index in [9.17, 15) is 33.6 Å². The molecule has 11 N–H and O–H groups in total. The number of hydrogen-bond donors (Lipinski definition) is 8. The van der Waals surface area contributed by atoms with E-state index >= 15 is 0 Å². The predicted molar refractivity (Wildman–Crippen MR) is 111 cm³/mol. The third-order valence-electron chi connectivity index (χ3n) is 4.13. The van der Waals surface area contributed by atoms with Crippen molar-refractivity contribution >= 4 is 41.5 Å².